The minimum atomic E-state index is 0.424. The lowest BCUT2D eigenvalue weighted by atomic mass is 9.94. The number of hydrogen-bond donors (Lipinski definition) is 1. The molecular formula is C18H24N2O. The minimum absolute atomic E-state index is 0.424. The summed E-state index contributed by atoms with van der Waals surface area (Å²) in [7, 11) is 1.78. The van der Waals surface area contributed by atoms with Gasteiger partial charge in [0.25, 0.3) is 0 Å². The van der Waals surface area contributed by atoms with Crippen molar-refractivity contribution in [2.45, 2.75) is 19.4 Å². The molecule has 0 saturated carbocycles. The number of nitrogens with one attached hydrogen (secondary N) is 1. The molecule has 112 valence electrons. The van der Waals surface area contributed by atoms with Crippen LogP contribution in [0, 0.1) is 0 Å². The molecule has 1 N–H and O–H groups in total. The number of benzene rings is 2. The van der Waals surface area contributed by atoms with E-state index in [9.17, 15) is 0 Å². The van der Waals surface area contributed by atoms with Crippen molar-refractivity contribution < 1.29 is 4.74 Å². The van der Waals surface area contributed by atoms with Gasteiger partial charge in [-0.3, -0.25) is 4.90 Å². The Labute approximate surface area is 126 Å². The third-order valence-electron chi connectivity index (χ3n) is 4.46. The second kappa shape index (κ2) is 6.46. The summed E-state index contributed by atoms with van der Waals surface area (Å²) in [4.78, 5) is 2.58. The molecule has 0 amide bonds. The van der Waals surface area contributed by atoms with Crippen LogP contribution in [-0.2, 0) is 0 Å². The van der Waals surface area contributed by atoms with Crippen LogP contribution in [0.1, 0.15) is 24.9 Å². The van der Waals surface area contributed by atoms with E-state index in [4.69, 9.17) is 4.74 Å². The maximum Gasteiger partial charge on any atom is 0.124 e. The molecular weight excluding hydrogens is 260 g/mol. The first kappa shape index (κ1) is 14.4. The number of piperazine rings is 1. The number of ether oxygens (including phenoxy) is 1. The molecule has 2 aromatic rings. The van der Waals surface area contributed by atoms with Gasteiger partial charge in [-0.05, 0) is 23.3 Å². The number of methoxy groups -OCH3 is 1. The SMILES string of the molecule is CC[C@@H](c1c(OC)ccc2ccccc12)N1CCNCC1. The van der Waals surface area contributed by atoms with Gasteiger partial charge in [-0.15, -0.1) is 0 Å². The first-order valence-electron chi connectivity index (χ1n) is 7.85. The van der Waals surface area contributed by atoms with Crippen LogP contribution in [0.4, 0.5) is 0 Å². The fourth-order valence-electron chi connectivity index (χ4n) is 3.44. The van der Waals surface area contributed by atoms with Gasteiger partial charge in [0.05, 0.1) is 7.11 Å². The smallest absolute Gasteiger partial charge is 0.124 e. The molecule has 0 aliphatic carbocycles. The number of rotatable bonds is 4. The molecule has 1 atom stereocenters. The fraction of sp³-hybridized carbons (Fsp3) is 0.444. The highest BCUT2D eigenvalue weighted by molar-refractivity contribution is 5.88. The maximum absolute atomic E-state index is 5.68. The van der Waals surface area contributed by atoms with Crippen LogP contribution in [0.5, 0.6) is 5.75 Å². The third kappa shape index (κ3) is 2.76. The molecule has 1 fully saturated rings. The van der Waals surface area contributed by atoms with Crippen LogP contribution in [0.15, 0.2) is 36.4 Å². The van der Waals surface area contributed by atoms with E-state index in [2.05, 4.69) is 53.5 Å². The maximum atomic E-state index is 5.68. The van der Waals surface area contributed by atoms with Crippen molar-refractivity contribution in [3.63, 3.8) is 0 Å². The summed E-state index contributed by atoms with van der Waals surface area (Å²) in [6.07, 6.45) is 1.10. The van der Waals surface area contributed by atoms with Crippen molar-refractivity contribution in [2.24, 2.45) is 0 Å². The lowest BCUT2D eigenvalue weighted by molar-refractivity contribution is 0.167. The molecule has 1 saturated heterocycles. The summed E-state index contributed by atoms with van der Waals surface area (Å²) in [5, 5.41) is 6.05. The van der Waals surface area contributed by atoms with Crippen molar-refractivity contribution >= 4 is 10.8 Å². The average Bonchev–Trinajstić information content (AvgIpc) is 2.56. The minimum Gasteiger partial charge on any atom is -0.496 e. The van der Waals surface area contributed by atoms with Crippen molar-refractivity contribution in [1.29, 1.82) is 0 Å². The molecule has 0 radical (unpaired) electrons. The quantitative estimate of drug-likeness (QED) is 0.933. The molecule has 0 bridgehead atoms. The van der Waals surface area contributed by atoms with Gasteiger partial charge < -0.3 is 10.1 Å². The Morgan fingerprint density at radius 1 is 1.14 bits per heavy atom. The Bertz CT molecular complexity index is 605. The van der Waals surface area contributed by atoms with Crippen LogP contribution in [-0.4, -0.2) is 38.2 Å². The average molecular weight is 284 g/mol. The normalized spacial score (nSPS) is 17.8. The summed E-state index contributed by atoms with van der Waals surface area (Å²) >= 11 is 0. The van der Waals surface area contributed by atoms with Crippen LogP contribution in [0.25, 0.3) is 10.8 Å². The summed E-state index contributed by atoms with van der Waals surface area (Å²) < 4.78 is 5.68. The first-order valence-corrected chi connectivity index (χ1v) is 7.85. The van der Waals surface area contributed by atoms with Gasteiger partial charge in [0.1, 0.15) is 5.75 Å². The molecule has 21 heavy (non-hydrogen) atoms. The highest BCUT2D eigenvalue weighted by Crippen LogP contribution is 2.37. The predicted octanol–water partition coefficient (Wildman–Crippen LogP) is 3.20. The van der Waals surface area contributed by atoms with Gasteiger partial charge in [-0.25, -0.2) is 0 Å². The topological polar surface area (TPSA) is 24.5 Å². The zero-order chi connectivity index (χ0) is 14.7. The number of hydrogen-bond acceptors (Lipinski definition) is 3. The van der Waals surface area contributed by atoms with Crippen molar-refractivity contribution in [3.8, 4) is 5.75 Å². The van der Waals surface area contributed by atoms with E-state index in [1.165, 1.54) is 16.3 Å². The second-order valence-corrected chi connectivity index (χ2v) is 5.61. The largest absolute Gasteiger partial charge is 0.496 e. The van der Waals surface area contributed by atoms with Crippen molar-refractivity contribution in [3.05, 3.63) is 42.0 Å². The zero-order valence-electron chi connectivity index (χ0n) is 12.9. The van der Waals surface area contributed by atoms with E-state index in [-0.39, 0.29) is 0 Å². The molecule has 2 aromatic carbocycles. The molecule has 1 aliphatic heterocycles. The Kier molecular flexibility index (Phi) is 4.42. The first-order chi connectivity index (χ1) is 10.3. The summed E-state index contributed by atoms with van der Waals surface area (Å²) in [6.45, 7) is 6.62. The van der Waals surface area contributed by atoms with Gasteiger partial charge >= 0.3 is 0 Å². The van der Waals surface area contributed by atoms with Crippen molar-refractivity contribution in [1.82, 2.24) is 10.2 Å². The van der Waals surface area contributed by atoms with E-state index >= 15 is 0 Å². The monoisotopic (exact) mass is 284 g/mol. The van der Waals surface area contributed by atoms with Crippen LogP contribution in [0.3, 0.4) is 0 Å². The summed E-state index contributed by atoms with van der Waals surface area (Å²) in [5.74, 6) is 1.01. The molecule has 1 aliphatic rings. The van der Waals surface area contributed by atoms with Gasteiger partial charge in [0.2, 0.25) is 0 Å². The van der Waals surface area contributed by atoms with E-state index in [1.807, 2.05) is 0 Å². The molecule has 0 aromatic heterocycles. The summed E-state index contributed by atoms with van der Waals surface area (Å²) in [5.41, 5.74) is 1.35. The standard InChI is InChI=1S/C18H24N2O/c1-3-16(20-12-10-19-11-13-20)18-15-7-5-4-6-14(15)8-9-17(18)21-2/h4-9,16,19H,3,10-13H2,1-2H3/t16-/m0/s1. The van der Waals surface area contributed by atoms with E-state index < -0.39 is 0 Å². The van der Waals surface area contributed by atoms with Gasteiger partial charge in [-0.2, -0.15) is 0 Å². The highest BCUT2D eigenvalue weighted by Gasteiger charge is 2.25. The lowest BCUT2D eigenvalue weighted by Gasteiger charge is -2.35. The van der Waals surface area contributed by atoms with Gasteiger partial charge in [0, 0.05) is 37.8 Å². The van der Waals surface area contributed by atoms with Gasteiger partial charge in [-0.1, -0.05) is 37.3 Å². The number of fused-ring (bicyclic) bond motifs is 1. The predicted molar refractivity (Wildman–Crippen MR) is 88.0 cm³/mol. The van der Waals surface area contributed by atoms with Crippen LogP contribution >= 0.6 is 0 Å². The second-order valence-electron chi connectivity index (χ2n) is 5.61. The lowest BCUT2D eigenvalue weighted by Crippen LogP contribution is -2.45. The zero-order valence-corrected chi connectivity index (χ0v) is 12.9. The Hall–Kier alpha value is -1.58. The number of nitrogens with zero attached hydrogens (tertiary/aromatic N) is 1. The van der Waals surface area contributed by atoms with Crippen LogP contribution in [0.2, 0.25) is 0 Å². The molecule has 3 rings (SSSR count). The molecule has 3 nitrogen and oxygen atoms in total. The highest BCUT2D eigenvalue weighted by atomic mass is 16.5. The van der Waals surface area contributed by atoms with Crippen LogP contribution < -0.4 is 10.1 Å². The van der Waals surface area contributed by atoms with E-state index in [1.54, 1.807) is 7.11 Å². The van der Waals surface area contributed by atoms with Crippen molar-refractivity contribution in [2.75, 3.05) is 33.3 Å². The molecule has 1 heterocycles. The Morgan fingerprint density at radius 2 is 1.90 bits per heavy atom. The van der Waals surface area contributed by atoms with E-state index in [0.29, 0.717) is 6.04 Å². The third-order valence-corrected chi connectivity index (χ3v) is 4.46. The van der Waals surface area contributed by atoms with Gasteiger partial charge in [0.15, 0.2) is 0 Å². The fourth-order valence-corrected chi connectivity index (χ4v) is 3.44. The Morgan fingerprint density at radius 3 is 2.62 bits per heavy atom. The Balaban J connectivity index is 2.10. The van der Waals surface area contributed by atoms with E-state index in [0.717, 1.165) is 38.3 Å². The molecule has 3 heteroatoms. The molecule has 0 spiro atoms. The molecule has 0 unspecified atom stereocenters. The summed E-state index contributed by atoms with van der Waals surface area (Å²) in [6, 6.07) is 13.3.